The standard InChI is InChI=1S/C22H24F5N5O/c1-28-8-13-4-5-19(16-3-2-6-29-20(13)16)31-9-14(22(25,26)27)7-15(10-31)30-21(33)32-11-17(23)18(24)12-32/h2-6,8,14-15,17-18H,7,9-12H2,1H3,(H,30,33)/b28-8-/t14-,15+,17-,18+/m0/s1. The topological polar surface area (TPSA) is 60.8 Å². The summed E-state index contributed by atoms with van der Waals surface area (Å²) in [5.74, 6) is -1.68. The van der Waals surface area contributed by atoms with Gasteiger partial charge in [-0.1, -0.05) is 0 Å². The predicted molar refractivity (Wildman–Crippen MR) is 115 cm³/mol. The minimum absolute atomic E-state index is 0.121. The lowest BCUT2D eigenvalue weighted by molar-refractivity contribution is -0.177. The van der Waals surface area contributed by atoms with E-state index in [0.29, 0.717) is 16.6 Å². The van der Waals surface area contributed by atoms with Gasteiger partial charge in [-0.15, -0.1) is 0 Å². The first-order valence-electron chi connectivity index (χ1n) is 10.6. The molecule has 0 radical (unpaired) electrons. The Morgan fingerprint density at radius 1 is 1.15 bits per heavy atom. The Morgan fingerprint density at radius 2 is 1.88 bits per heavy atom. The van der Waals surface area contributed by atoms with Crippen molar-refractivity contribution in [2.24, 2.45) is 10.9 Å². The van der Waals surface area contributed by atoms with Gasteiger partial charge in [-0.3, -0.25) is 9.98 Å². The second-order valence-corrected chi connectivity index (χ2v) is 8.42. The zero-order valence-corrected chi connectivity index (χ0v) is 17.9. The molecule has 178 valence electrons. The zero-order chi connectivity index (χ0) is 23.8. The summed E-state index contributed by atoms with van der Waals surface area (Å²) in [6.07, 6.45) is -5.12. The quantitative estimate of drug-likeness (QED) is 0.551. The minimum Gasteiger partial charge on any atom is -0.368 e. The summed E-state index contributed by atoms with van der Waals surface area (Å²) in [7, 11) is 1.62. The molecule has 2 aromatic rings. The molecule has 4 rings (SSSR count). The number of piperidine rings is 1. The van der Waals surface area contributed by atoms with E-state index in [-0.39, 0.29) is 19.5 Å². The summed E-state index contributed by atoms with van der Waals surface area (Å²) in [4.78, 5) is 23.4. The lowest BCUT2D eigenvalue weighted by Gasteiger charge is -2.40. The summed E-state index contributed by atoms with van der Waals surface area (Å²) < 4.78 is 68.2. The number of urea groups is 1. The zero-order valence-electron chi connectivity index (χ0n) is 17.9. The molecule has 0 unspecified atom stereocenters. The van der Waals surface area contributed by atoms with Crippen LogP contribution in [0.3, 0.4) is 0 Å². The molecule has 2 fully saturated rings. The number of pyridine rings is 1. The van der Waals surface area contributed by atoms with Crippen LogP contribution < -0.4 is 10.2 Å². The molecule has 0 bridgehead atoms. The number of likely N-dealkylation sites (tertiary alicyclic amines) is 1. The second-order valence-electron chi connectivity index (χ2n) is 8.42. The molecule has 0 saturated carbocycles. The smallest absolute Gasteiger partial charge is 0.368 e. The van der Waals surface area contributed by atoms with Gasteiger partial charge >= 0.3 is 12.2 Å². The highest BCUT2D eigenvalue weighted by Gasteiger charge is 2.45. The van der Waals surface area contributed by atoms with Crippen molar-refractivity contribution in [3.8, 4) is 0 Å². The highest BCUT2D eigenvalue weighted by Crippen LogP contribution is 2.37. The van der Waals surface area contributed by atoms with Crippen molar-refractivity contribution in [3.05, 3.63) is 36.0 Å². The Balaban J connectivity index is 1.62. The first-order valence-corrected chi connectivity index (χ1v) is 10.6. The molecule has 1 N–H and O–H groups in total. The summed E-state index contributed by atoms with van der Waals surface area (Å²) in [6.45, 7) is -0.981. The first-order chi connectivity index (χ1) is 15.7. The number of nitrogens with zero attached hydrogens (tertiary/aromatic N) is 4. The van der Waals surface area contributed by atoms with E-state index in [4.69, 9.17) is 0 Å². The van der Waals surface area contributed by atoms with Crippen molar-refractivity contribution in [2.45, 2.75) is 31.0 Å². The average molecular weight is 469 g/mol. The van der Waals surface area contributed by atoms with Crippen LogP contribution in [0.15, 0.2) is 35.5 Å². The lowest BCUT2D eigenvalue weighted by Crippen LogP contribution is -2.56. The van der Waals surface area contributed by atoms with Gasteiger partial charge < -0.3 is 15.1 Å². The van der Waals surface area contributed by atoms with E-state index in [2.05, 4.69) is 15.3 Å². The van der Waals surface area contributed by atoms with Gasteiger partial charge in [-0.05, 0) is 30.7 Å². The van der Waals surface area contributed by atoms with E-state index >= 15 is 0 Å². The number of carbonyl (C=O) groups excluding carboxylic acids is 1. The van der Waals surface area contributed by atoms with Crippen LogP contribution in [0.4, 0.5) is 32.4 Å². The van der Waals surface area contributed by atoms with Gasteiger partial charge in [0.25, 0.3) is 0 Å². The van der Waals surface area contributed by atoms with Crippen LogP contribution in [0.2, 0.25) is 0 Å². The molecule has 33 heavy (non-hydrogen) atoms. The highest BCUT2D eigenvalue weighted by molar-refractivity contribution is 6.03. The molecule has 2 aliphatic heterocycles. The number of aliphatic imine (C=N–C) groups is 1. The molecule has 6 nitrogen and oxygen atoms in total. The SMILES string of the molecule is C/N=C\c1ccc(N2C[C@H](NC(=O)N3C[C@@H](F)[C@@H](F)C3)C[C@H](C(F)(F)F)C2)c2cccnc12. The number of carbonyl (C=O) groups is 1. The fourth-order valence-corrected chi connectivity index (χ4v) is 4.49. The van der Waals surface area contributed by atoms with E-state index in [1.54, 1.807) is 48.6 Å². The van der Waals surface area contributed by atoms with Gasteiger partial charge in [0.1, 0.15) is 0 Å². The molecule has 3 heterocycles. The Kier molecular flexibility index (Phi) is 6.40. The number of benzene rings is 1. The third-order valence-corrected chi connectivity index (χ3v) is 6.10. The number of alkyl halides is 5. The number of anilines is 1. The molecule has 1 aromatic carbocycles. The van der Waals surface area contributed by atoms with E-state index in [0.717, 1.165) is 10.5 Å². The van der Waals surface area contributed by atoms with Crippen LogP contribution in [0, 0.1) is 5.92 Å². The molecule has 2 aliphatic rings. The summed E-state index contributed by atoms with van der Waals surface area (Å²) in [5, 5.41) is 3.23. The van der Waals surface area contributed by atoms with Gasteiger partial charge in [-0.25, -0.2) is 13.6 Å². The third-order valence-electron chi connectivity index (χ3n) is 6.10. The first kappa shape index (κ1) is 23.2. The molecular weight excluding hydrogens is 445 g/mol. The molecular formula is C22H24F5N5O. The maximum atomic E-state index is 13.7. The van der Waals surface area contributed by atoms with Crippen LogP contribution in [0.25, 0.3) is 10.9 Å². The molecule has 1 aromatic heterocycles. The number of hydrogen-bond acceptors (Lipinski definition) is 4. The summed E-state index contributed by atoms with van der Waals surface area (Å²) in [6, 6.07) is 5.35. The van der Waals surface area contributed by atoms with E-state index in [1.807, 2.05) is 0 Å². The number of aromatic nitrogens is 1. The van der Waals surface area contributed by atoms with E-state index in [9.17, 15) is 26.7 Å². The van der Waals surface area contributed by atoms with Gasteiger partial charge in [0, 0.05) is 55.2 Å². The largest absolute Gasteiger partial charge is 0.393 e. The lowest BCUT2D eigenvalue weighted by atomic mass is 9.92. The molecule has 11 heteroatoms. The Morgan fingerprint density at radius 3 is 2.55 bits per heavy atom. The van der Waals surface area contributed by atoms with Crippen LogP contribution in [-0.4, -0.2) is 79.9 Å². The second kappa shape index (κ2) is 9.11. The fourth-order valence-electron chi connectivity index (χ4n) is 4.49. The highest BCUT2D eigenvalue weighted by atomic mass is 19.4. The van der Waals surface area contributed by atoms with E-state index in [1.165, 1.54) is 0 Å². The number of rotatable bonds is 3. The van der Waals surface area contributed by atoms with Gasteiger partial charge in [0.15, 0.2) is 12.3 Å². The van der Waals surface area contributed by atoms with Crippen molar-refractivity contribution in [2.75, 3.05) is 38.1 Å². The summed E-state index contributed by atoms with van der Waals surface area (Å²) in [5.41, 5.74) is 1.91. The van der Waals surface area contributed by atoms with Crippen LogP contribution in [0.5, 0.6) is 0 Å². The number of fused-ring (bicyclic) bond motifs is 1. The van der Waals surface area contributed by atoms with Gasteiger partial charge in [0.05, 0.1) is 24.5 Å². The number of nitrogens with one attached hydrogen (secondary N) is 1. The number of hydrogen-bond donors (Lipinski definition) is 1. The summed E-state index contributed by atoms with van der Waals surface area (Å²) >= 11 is 0. The van der Waals surface area contributed by atoms with Gasteiger partial charge in [0.2, 0.25) is 0 Å². The van der Waals surface area contributed by atoms with Crippen molar-refractivity contribution >= 4 is 28.8 Å². The molecule has 4 atom stereocenters. The Bertz CT molecular complexity index is 1040. The molecule has 0 spiro atoms. The van der Waals surface area contributed by atoms with Crippen molar-refractivity contribution < 1.29 is 26.7 Å². The van der Waals surface area contributed by atoms with Crippen molar-refractivity contribution in [3.63, 3.8) is 0 Å². The third kappa shape index (κ3) is 4.86. The molecule has 0 aliphatic carbocycles. The Hall–Kier alpha value is -2.98. The number of amides is 2. The molecule has 2 amide bonds. The monoisotopic (exact) mass is 469 g/mol. The van der Waals surface area contributed by atoms with Crippen molar-refractivity contribution in [1.29, 1.82) is 0 Å². The number of halogens is 5. The normalized spacial score (nSPS) is 26.4. The van der Waals surface area contributed by atoms with Crippen LogP contribution in [0.1, 0.15) is 12.0 Å². The maximum absolute atomic E-state index is 13.7. The maximum Gasteiger partial charge on any atom is 0.393 e. The average Bonchev–Trinajstić information content (AvgIpc) is 3.12. The Labute approximate surface area is 187 Å². The minimum atomic E-state index is -4.47. The van der Waals surface area contributed by atoms with Crippen molar-refractivity contribution in [1.82, 2.24) is 15.2 Å². The fraction of sp³-hybridized carbons (Fsp3) is 0.500. The van der Waals surface area contributed by atoms with Gasteiger partial charge in [-0.2, -0.15) is 13.2 Å². The van der Waals surface area contributed by atoms with E-state index < -0.39 is 49.6 Å². The predicted octanol–water partition coefficient (Wildman–Crippen LogP) is 3.74. The van der Waals surface area contributed by atoms with Crippen LogP contribution >= 0.6 is 0 Å². The molecule has 2 saturated heterocycles. The van der Waals surface area contributed by atoms with Crippen LogP contribution in [-0.2, 0) is 0 Å².